The van der Waals surface area contributed by atoms with Crippen molar-refractivity contribution in [2.75, 3.05) is 23.4 Å². The average molecular weight is 402 g/mol. The van der Waals surface area contributed by atoms with Crippen molar-refractivity contribution < 1.29 is 19.1 Å². The molecule has 0 unspecified atom stereocenters. The highest BCUT2D eigenvalue weighted by atomic mass is 16.5. The zero-order valence-electron chi connectivity index (χ0n) is 16.4. The third-order valence-corrected chi connectivity index (χ3v) is 4.70. The van der Waals surface area contributed by atoms with Crippen LogP contribution in [0.25, 0.3) is 0 Å². The topological polar surface area (TPSA) is 67.9 Å². The van der Waals surface area contributed by atoms with E-state index in [1.165, 1.54) is 0 Å². The fraction of sp³-hybridized carbons (Fsp3) is 0.167. The van der Waals surface area contributed by atoms with Gasteiger partial charge in [0.25, 0.3) is 5.91 Å². The fourth-order valence-electron chi connectivity index (χ4n) is 3.27. The monoisotopic (exact) mass is 402 g/mol. The third-order valence-electron chi connectivity index (χ3n) is 4.70. The second kappa shape index (κ2) is 9.13. The standard InChI is InChI=1S/C24H22N2O4/c27-23(17-29-20-11-6-8-18(16-20)26-15-7-14-24(26)28)25-21-12-4-5-13-22(21)30-19-9-2-1-3-10-19/h1-6,8-13,16H,7,14-15,17H2,(H,25,27). The van der Waals surface area contributed by atoms with Crippen molar-refractivity contribution in [3.05, 3.63) is 78.9 Å². The molecule has 30 heavy (non-hydrogen) atoms. The number of hydrogen-bond donors (Lipinski definition) is 1. The number of benzene rings is 3. The Balaban J connectivity index is 1.37. The van der Waals surface area contributed by atoms with E-state index in [0.29, 0.717) is 35.9 Å². The van der Waals surface area contributed by atoms with E-state index < -0.39 is 0 Å². The summed E-state index contributed by atoms with van der Waals surface area (Å²) < 4.78 is 11.5. The molecule has 0 radical (unpaired) electrons. The Morgan fingerprint density at radius 1 is 0.933 bits per heavy atom. The summed E-state index contributed by atoms with van der Waals surface area (Å²) in [6.45, 7) is 0.554. The van der Waals surface area contributed by atoms with Crippen molar-refractivity contribution in [1.82, 2.24) is 0 Å². The van der Waals surface area contributed by atoms with Gasteiger partial charge in [0.1, 0.15) is 11.5 Å². The van der Waals surface area contributed by atoms with E-state index in [4.69, 9.17) is 9.47 Å². The Morgan fingerprint density at radius 3 is 2.50 bits per heavy atom. The first-order valence-electron chi connectivity index (χ1n) is 9.84. The maximum absolute atomic E-state index is 12.4. The smallest absolute Gasteiger partial charge is 0.262 e. The highest BCUT2D eigenvalue weighted by molar-refractivity contribution is 5.95. The van der Waals surface area contributed by atoms with E-state index in [2.05, 4.69) is 5.32 Å². The van der Waals surface area contributed by atoms with Crippen molar-refractivity contribution in [1.29, 1.82) is 0 Å². The van der Waals surface area contributed by atoms with Crippen LogP contribution in [0.5, 0.6) is 17.2 Å². The van der Waals surface area contributed by atoms with E-state index >= 15 is 0 Å². The molecule has 1 N–H and O–H groups in total. The number of rotatable bonds is 7. The maximum Gasteiger partial charge on any atom is 0.262 e. The molecule has 0 atom stereocenters. The molecule has 0 aromatic heterocycles. The number of hydrogen-bond acceptors (Lipinski definition) is 4. The molecule has 1 aliphatic heterocycles. The molecule has 4 rings (SSSR count). The van der Waals surface area contributed by atoms with Gasteiger partial charge in [0.2, 0.25) is 5.91 Å². The normalized spacial score (nSPS) is 13.2. The van der Waals surface area contributed by atoms with Gasteiger partial charge in [-0.25, -0.2) is 0 Å². The first-order chi connectivity index (χ1) is 14.7. The predicted molar refractivity (Wildman–Crippen MR) is 115 cm³/mol. The minimum atomic E-state index is -0.304. The summed E-state index contributed by atoms with van der Waals surface area (Å²) in [7, 11) is 0. The molecule has 3 aromatic carbocycles. The van der Waals surface area contributed by atoms with Gasteiger partial charge in [-0.1, -0.05) is 36.4 Å². The van der Waals surface area contributed by atoms with Gasteiger partial charge in [0.05, 0.1) is 5.69 Å². The number of carbonyl (C=O) groups excluding carboxylic acids is 2. The average Bonchev–Trinajstić information content (AvgIpc) is 3.20. The lowest BCUT2D eigenvalue weighted by atomic mass is 10.2. The summed E-state index contributed by atoms with van der Waals surface area (Å²) in [5.41, 5.74) is 1.35. The Labute approximate surface area is 175 Å². The Kier molecular flexibility index (Phi) is 5.94. The number of anilines is 2. The van der Waals surface area contributed by atoms with Crippen molar-refractivity contribution in [3.63, 3.8) is 0 Å². The number of ether oxygens (including phenoxy) is 2. The summed E-state index contributed by atoms with van der Waals surface area (Å²) in [6.07, 6.45) is 1.43. The molecule has 1 aliphatic rings. The van der Waals surface area contributed by atoms with Gasteiger partial charge < -0.3 is 19.7 Å². The van der Waals surface area contributed by atoms with E-state index in [-0.39, 0.29) is 18.4 Å². The minimum Gasteiger partial charge on any atom is -0.484 e. The summed E-state index contributed by atoms with van der Waals surface area (Å²) in [6, 6.07) is 23.8. The fourth-order valence-corrected chi connectivity index (χ4v) is 3.27. The molecule has 1 saturated heterocycles. The summed E-state index contributed by atoms with van der Waals surface area (Å²) in [5.74, 6) is 1.58. The number of carbonyl (C=O) groups is 2. The lowest BCUT2D eigenvalue weighted by Crippen LogP contribution is -2.24. The lowest BCUT2D eigenvalue weighted by Gasteiger charge is -2.17. The van der Waals surface area contributed by atoms with Crippen molar-refractivity contribution in [3.8, 4) is 17.2 Å². The third kappa shape index (κ3) is 4.78. The van der Waals surface area contributed by atoms with Crippen molar-refractivity contribution in [2.24, 2.45) is 0 Å². The molecular formula is C24H22N2O4. The Hall–Kier alpha value is -3.80. The number of nitrogens with zero attached hydrogens (tertiary/aromatic N) is 1. The highest BCUT2D eigenvalue weighted by Crippen LogP contribution is 2.29. The lowest BCUT2D eigenvalue weighted by molar-refractivity contribution is -0.118. The van der Waals surface area contributed by atoms with Gasteiger partial charge in [-0.2, -0.15) is 0 Å². The van der Waals surface area contributed by atoms with Gasteiger partial charge in [-0.05, 0) is 42.8 Å². The van der Waals surface area contributed by atoms with Crippen LogP contribution in [0.3, 0.4) is 0 Å². The quantitative estimate of drug-likeness (QED) is 0.626. The van der Waals surface area contributed by atoms with E-state index in [1.54, 1.807) is 29.2 Å². The zero-order chi connectivity index (χ0) is 20.8. The summed E-state index contributed by atoms with van der Waals surface area (Å²) in [4.78, 5) is 26.1. The molecule has 0 aliphatic carbocycles. The number of amides is 2. The first kappa shape index (κ1) is 19.5. The maximum atomic E-state index is 12.4. The Morgan fingerprint density at radius 2 is 1.70 bits per heavy atom. The molecule has 2 amide bonds. The van der Waals surface area contributed by atoms with Crippen LogP contribution < -0.4 is 19.7 Å². The molecule has 1 heterocycles. The van der Waals surface area contributed by atoms with E-state index in [1.807, 2.05) is 54.6 Å². The summed E-state index contributed by atoms with van der Waals surface area (Å²) in [5, 5.41) is 2.82. The summed E-state index contributed by atoms with van der Waals surface area (Å²) >= 11 is 0. The van der Waals surface area contributed by atoms with Gasteiger partial charge >= 0.3 is 0 Å². The second-order valence-electron chi connectivity index (χ2n) is 6.89. The van der Waals surface area contributed by atoms with Crippen LogP contribution in [0.15, 0.2) is 78.9 Å². The van der Waals surface area contributed by atoms with Crippen LogP contribution in [-0.4, -0.2) is 25.0 Å². The van der Waals surface area contributed by atoms with Gasteiger partial charge in [0, 0.05) is 24.7 Å². The van der Waals surface area contributed by atoms with Crippen molar-refractivity contribution in [2.45, 2.75) is 12.8 Å². The van der Waals surface area contributed by atoms with Crippen LogP contribution in [-0.2, 0) is 9.59 Å². The van der Waals surface area contributed by atoms with Crippen LogP contribution in [0.1, 0.15) is 12.8 Å². The van der Waals surface area contributed by atoms with Gasteiger partial charge in [-0.3, -0.25) is 9.59 Å². The molecule has 0 saturated carbocycles. The molecular weight excluding hydrogens is 380 g/mol. The zero-order valence-corrected chi connectivity index (χ0v) is 16.4. The molecule has 0 bridgehead atoms. The molecule has 1 fully saturated rings. The van der Waals surface area contributed by atoms with E-state index in [9.17, 15) is 9.59 Å². The largest absolute Gasteiger partial charge is 0.484 e. The van der Waals surface area contributed by atoms with Gasteiger partial charge in [0.15, 0.2) is 12.4 Å². The van der Waals surface area contributed by atoms with E-state index in [0.717, 1.165) is 12.1 Å². The van der Waals surface area contributed by atoms with Gasteiger partial charge in [-0.15, -0.1) is 0 Å². The van der Waals surface area contributed by atoms with Crippen LogP contribution in [0.2, 0.25) is 0 Å². The van der Waals surface area contributed by atoms with Crippen LogP contribution in [0, 0.1) is 0 Å². The second-order valence-corrected chi connectivity index (χ2v) is 6.89. The van der Waals surface area contributed by atoms with Crippen molar-refractivity contribution >= 4 is 23.2 Å². The SMILES string of the molecule is O=C(COc1cccc(N2CCCC2=O)c1)Nc1ccccc1Oc1ccccc1. The highest BCUT2D eigenvalue weighted by Gasteiger charge is 2.21. The molecule has 3 aromatic rings. The predicted octanol–water partition coefficient (Wildman–Crippen LogP) is 4.62. The minimum absolute atomic E-state index is 0.111. The molecule has 6 nitrogen and oxygen atoms in total. The number of para-hydroxylation sites is 3. The Bertz CT molecular complexity index is 1040. The molecule has 152 valence electrons. The van der Waals surface area contributed by atoms with Crippen LogP contribution in [0.4, 0.5) is 11.4 Å². The molecule has 0 spiro atoms. The molecule has 6 heteroatoms. The van der Waals surface area contributed by atoms with Crippen LogP contribution >= 0.6 is 0 Å². The number of nitrogens with one attached hydrogen (secondary N) is 1. The first-order valence-corrected chi connectivity index (χ1v) is 9.84.